The van der Waals surface area contributed by atoms with Crippen LogP contribution in [0.25, 0.3) is 5.69 Å². The minimum absolute atomic E-state index is 0.408. The highest BCUT2D eigenvalue weighted by molar-refractivity contribution is 5.48. The van der Waals surface area contributed by atoms with Crippen LogP contribution >= 0.6 is 0 Å². The molecule has 1 aliphatic rings. The average molecular weight is 304 g/mol. The van der Waals surface area contributed by atoms with Gasteiger partial charge in [0.25, 0.3) is 5.82 Å². The molecule has 0 saturated carbocycles. The third-order valence-corrected chi connectivity index (χ3v) is 4.78. The van der Waals surface area contributed by atoms with Crippen molar-refractivity contribution < 1.29 is 4.57 Å². The van der Waals surface area contributed by atoms with Crippen LogP contribution < -0.4 is 4.57 Å². The van der Waals surface area contributed by atoms with E-state index < -0.39 is 0 Å². The van der Waals surface area contributed by atoms with Gasteiger partial charge in [0, 0.05) is 11.5 Å². The SMILES string of the molecule is Cc1cc(C)c(-n2c[n+]3c(n2)CC[C@H]3c2ccccc2)c(C)c1. The first kappa shape index (κ1) is 14.2. The van der Waals surface area contributed by atoms with Gasteiger partial charge in [-0.25, -0.2) is 4.57 Å². The van der Waals surface area contributed by atoms with Gasteiger partial charge >= 0.3 is 0 Å². The van der Waals surface area contributed by atoms with Gasteiger partial charge in [-0.3, -0.25) is 0 Å². The van der Waals surface area contributed by atoms with Crippen molar-refractivity contribution in [1.29, 1.82) is 0 Å². The van der Waals surface area contributed by atoms with Crippen LogP contribution in [-0.2, 0) is 6.42 Å². The van der Waals surface area contributed by atoms with Gasteiger partial charge in [0.15, 0.2) is 0 Å². The third kappa shape index (κ3) is 2.37. The predicted molar refractivity (Wildman–Crippen MR) is 90.9 cm³/mol. The summed E-state index contributed by atoms with van der Waals surface area (Å²) < 4.78 is 4.41. The molecule has 2 heterocycles. The quantitative estimate of drug-likeness (QED) is 0.663. The molecule has 0 amide bonds. The molecule has 0 fully saturated rings. The number of rotatable bonds is 2. The fourth-order valence-electron chi connectivity index (χ4n) is 3.87. The number of aromatic nitrogens is 3. The first-order valence-corrected chi connectivity index (χ1v) is 8.26. The predicted octanol–water partition coefficient (Wildman–Crippen LogP) is 3.62. The third-order valence-electron chi connectivity index (χ3n) is 4.78. The van der Waals surface area contributed by atoms with Crippen LogP contribution in [0.5, 0.6) is 0 Å². The van der Waals surface area contributed by atoms with E-state index in [2.05, 4.69) is 78.8 Å². The maximum absolute atomic E-state index is 4.87. The molecule has 0 aliphatic carbocycles. The van der Waals surface area contributed by atoms with Crippen molar-refractivity contribution in [2.24, 2.45) is 0 Å². The molecule has 3 aromatic rings. The number of hydrogen-bond donors (Lipinski definition) is 0. The van der Waals surface area contributed by atoms with Crippen molar-refractivity contribution >= 4 is 0 Å². The Kier molecular flexibility index (Phi) is 3.29. The Morgan fingerprint density at radius 2 is 1.74 bits per heavy atom. The maximum Gasteiger partial charge on any atom is 0.278 e. The van der Waals surface area contributed by atoms with Gasteiger partial charge in [-0.15, -0.1) is 0 Å². The van der Waals surface area contributed by atoms with Crippen LogP contribution in [0.2, 0.25) is 0 Å². The Morgan fingerprint density at radius 3 is 2.43 bits per heavy atom. The minimum atomic E-state index is 0.408. The summed E-state index contributed by atoms with van der Waals surface area (Å²) in [5.74, 6) is 1.18. The van der Waals surface area contributed by atoms with E-state index in [1.807, 2.05) is 0 Å². The van der Waals surface area contributed by atoms with E-state index in [1.54, 1.807) is 0 Å². The fraction of sp³-hybridized carbons (Fsp3) is 0.300. The Labute approximate surface area is 137 Å². The Morgan fingerprint density at radius 1 is 1.04 bits per heavy atom. The second kappa shape index (κ2) is 5.34. The molecule has 23 heavy (non-hydrogen) atoms. The summed E-state index contributed by atoms with van der Waals surface area (Å²) in [5.41, 5.74) is 6.44. The first-order chi connectivity index (χ1) is 11.1. The summed E-state index contributed by atoms with van der Waals surface area (Å²) in [6.45, 7) is 6.48. The highest BCUT2D eigenvalue weighted by atomic mass is 15.4. The number of fused-ring (bicyclic) bond motifs is 1. The molecule has 0 saturated heterocycles. The van der Waals surface area contributed by atoms with Crippen molar-refractivity contribution in [1.82, 2.24) is 9.78 Å². The van der Waals surface area contributed by atoms with Crippen LogP contribution in [-0.4, -0.2) is 9.78 Å². The highest BCUT2D eigenvalue weighted by Gasteiger charge is 2.33. The van der Waals surface area contributed by atoms with E-state index in [4.69, 9.17) is 5.10 Å². The van der Waals surface area contributed by atoms with Crippen molar-refractivity contribution in [3.05, 3.63) is 76.9 Å². The normalized spacial score (nSPS) is 16.6. The topological polar surface area (TPSA) is 21.7 Å². The highest BCUT2D eigenvalue weighted by Crippen LogP contribution is 2.25. The molecule has 0 N–H and O–H groups in total. The Bertz CT molecular complexity index is 839. The van der Waals surface area contributed by atoms with Gasteiger partial charge in [-0.05, 0) is 43.9 Å². The number of nitrogens with zero attached hydrogens (tertiary/aromatic N) is 3. The van der Waals surface area contributed by atoms with Crippen molar-refractivity contribution in [3.8, 4) is 5.69 Å². The van der Waals surface area contributed by atoms with Crippen molar-refractivity contribution in [2.45, 2.75) is 39.7 Å². The van der Waals surface area contributed by atoms with E-state index >= 15 is 0 Å². The summed E-state index contributed by atoms with van der Waals surface area (Å²) in [7, 11) is 0. The summed E-state index contributed by atoms with van der Waals surface area (Å²) >= 11 is 0. The van der Waals surface area contributed by atoms with Crippen LogP contribution in [0.4, 0.5) is 0 Å². The zero-order valence-corrected chi connectivity index (χ0v) is 14.0. The van der Waals surface area contributed by atoms with Crippen molar-refractivity contribution in [2.75, 3.05) is 0 Å². The van der Waals surface area contributed by atoms with Gasteiger partial charge < -0.3 is 0 Å². The molecule has 0 unspecified atom stereocenters. The second-order valence-electron chi connectivity index (χ2n) is 6.60. The zero-order valence-electron chi connectivity index (χ0n) is 14.0. The first-order valence-electron chi connectivity index (χ1n) is 8.26. The molecule has 0 spiro atoms. The lowest BCUT2D eigenvalue weighted by Gasteiger charge is -2.09. The zero-order chi connectivity index (χ0) is 16.0. The number of hydrogen-bond acceptors (Lipinski definition) is 1. The van der Waals surface area contributed by atoms with Gasteiger partial charge in [-0.2, -0.15) is 0 Å². The Hall–Kier alpha value is -2.42. The largest absolute Gasteiger partial charge is 0.278 e. The molecule has 116 valence electrons. The minimum Gasteiger partial charge on any atom is -0.227 e. The molecule has 3 heteroatoms. The van der Waals surface area contributed by atoms with Crippen LogP contribution in [0, 0.1) is 20.8 Å². The molecule has 2 aromatic carbocycles. The molecule has 4 rings (SSSR count). The van der Waals surface area contributed by atoms with Gasteiger partial charge in [-0.1, -0.05) is 52.7 Å². The molecular formula is C20H22N3+. The Balaban J connectivity index is 1.79. The fourth-order valence-corrected chi connectivity index (χ4v) is 3.87. The molecule has 1 aromatic heterocycles. The molecule has 3 nitrogen and oxygen atoms in total. The number of benzene rings is 2. The molecular weight excluding hydrogens is 282 g/mol. The second-order valence-corrected chi connectivity index (χ2v) is 6.60. The lowest BCUT2D eigenvalue weighted by molar-refractivity contribution is -0.707. The molecule has 0 radical (unpaired) electrons. The smallest absolute Gasteiger partial charge is 0.227 e. The van der Waals surface area contributed by atoms with Crippen LogP contribution in [0.3, 0.4) is 0 Å². The lowest BCUT2D eigenvalue weighted by Crippen LogP contribution is -2.36. The van der Waals surface area contributed by atoms with Gasteiger partial charge in [0.05, 0.1) is 0 Å². The number of aryl methyl sites for hydroxylation is 4. The van der Waals surface area contributed by atoms with Crippen LogP contribution in [0.15, 0.2) is 48.8 Å². The molecule has 0 bridgehead atoms. The molecule has 1 aliphatic heterocycles. The van der Waals surface area contributed by atoms with Crippen LogP contribution in [0.1, 0.15) is 40.5 Å². The van der Waals surface area contributed by atoms with E-state index in [0.29, 0.717) is 6.04 Å². The van der Waals surface area contributed by atoms with E-state index in [1.165, 1.54) is 33.8 Å². The van der Waals surface area contributed by atoms with E-state index in [0.717, 1.165) is 12.8 Å². The maximum atomic E-state index is 4.87. The summed E-state index contributed by atoms with van der Waals surface area (Å²) in [6, 6.07) is 15.6. The summed E-state index contributed by atoms with van der Waals surface area (Å²) in [4.78, 5) is 0. The van der Waals surface area contributed by atoms with Gasteiger partial charge in [0.2, 0.25) is 6.33 Å². The standard InChI is InChI=1S/C20H22N3/c1-14-11-15(2)20(16(3)12-14)23-13-22-18(9-10-19(22)21-23)17-7-5-4-6-8-17/h4-8,11-13,18H,9-10H2,1-3H3/q+1/t18-/m0/s1. The van der Waals surface area contributed by atoms with E-state index in [9.17, 15) is 0 Å². The lowest BCUT2D eigenvalue weighted by atomic mass is 10.0. The van der Waals surface area contributed by atoms with Gasteiger partial charge in [0.1, 0.15) is 11.7 Å². The molecule has 1 atom stereocenters. The van der Waals surface area contributed by atoms with E-state index in [-0.39, 0.29) is 0 Å². The monoisotopic (exact) mass is 304 g/mol. The van der Waals surface area contributed by atoms with Crippen molar-refractivity contribution in [3.63, 3.8) is 0 Å². The average Bonchev–Trinajstić information content (AvgIpc) is 3.07. The summed E-state index contributed by atoms with van der Waals surface area (Å²) in [5, 5.41) is 4.87. The summed E-state index contributed by atoms with van der Waals surface area (Å²) in [6.07, 6.45) is 4.35.